The maximum atomic E-state index is 13.9. The van der Waals surface area contributed by atoms with E-state index in [4.69, 9.17) is 22.9 Å². The van der Waals surface area contributed by atoms with Gasteiger partial charge in [-0.25, -0.2) is 4.85 Å². The third-order valence-electron chi connectivity index (χ3n) is 13.1. The average molecular weight is 775 g/mol. The molecule has 3 aromatic rings. The highest BCUT2D eigenvalue weighted by molar-refractivity contribution is 6.33. The van der Waals surface area contributed by atoms with E-state index in [1.807, 2.05) is 23.1 Å². The van der Waals surface area contributed by atoms with E-state index in [-0.39, 0.29) is 41.7 Å². The standard InChI is InChI=1S/C43H43ClN6O6/c1-42(2)40(43(3,4)41(42)56-28-7-9-33(45-5)32(44)19-28)49-22-25-16-27(6-8-29(25)37(49)53)47-14-12-26(13-15-47)48-20-23-17-30-31(18-24(23)21-48)39(55)50(38(30)54)34-10-11-35(51)46-36(34)52/h6-9,16-19,26,34,40-41H,10-15,20-22H2,1-4H3,(H,46,51,52). The minimum Gasteiger partial charge on any atom is -0.489 e. The lowest BCUT2D eigenvalue weighted by molar-refractivity contribution is -0.199. The minimum absolute atomic E-state index is 0.0472. The van der Waals surface area contributed by atoms with Crippen LogP contribution in [-0.4, -0.2) is 81.6 Å². The number of anilines is 1. The highest BCUT2D eigenvalue weighted by atomic mass is 35.5. The summed E-state index contributed by atoms with van der Waals surface area (Å²) >= 11 is 6.31. The van der Waals surface area contributed by atoms with Gasteiger partial charge in [0.2, 0.25) is 17.5 Å². The van der Waals surface area contributed by atoms with E-state index in [0.717, 1.165) is 58.8 Å². The van der Waals surface area contributed by atoms with Crippen LogP contribution in [0.2, 0.25) is 5.02 Å². The fraction of sp³-hybridized carbons (Fsp3) is 0.442. The molecule has 0 radical (unpaired) electrons. The van der Waals surface area contributed by atoms with Gasteiger partial charge in [0.15, 0.2) is 0 Å². The van der Waals surface area contributed by atoms with Gasteiger partial charge in [-0.3, -0.25) is 39.1 Å². The number of rotatable bonds is 6. The fourth-order valence-electron chi connectivity index (χ4n) is 10.9. The van der Waals surface area contributed by atoms with E-state index >= 15 is 0 Å². The monoisotopic (exact) mass is 774 g/mol. The first kappa shape index (κ1) is 36.4. The van der Waals surface area contributed by atoms with Crippen molar-refractivity contribution in [3.05, 3.63) is 98.4 Å². The molecule has 0 bridgehead atoms. The Morgan fingerprint density at radius 2 is 1.45 bits per heavy atom. The van der Waals surface area contributed by atoms with Crippen molar-refractivity contribution in [1.29, 1.82) is 0 Å². The number of ether oxygens (including phenoxy) is 1. The van der Waals surface area contributed by atoms with Crippen molar-refractivity contribution in [1.82, 2.24) is 20.0 Å². The zero-order chi connectivity index (χ0) is 39.4. The number of carbonyl (C=O) groups is 5. The molecule has 6 aliphatic rings. The second-order valence-electron chi connectivity index (χ2n) is 17.3. The summed E-state index contributed by atoms with van der Waals surface area (Å²) in [4.78, 5) is 76.2. The van der Waals surface area contributed by atoms with Gasteiger partial charge in [0.05, 0.1) is 22.7 Å². The molecule has 1 N–H and O–H groups in total. The van der Waals surface area contributed by atoms with Crippen LogP contribution in [0.1, 0.15) is 101 Å². The smallest absolute Gasteiger partial charge is 0.262 e. The van der Waals surface area contributed by atoms with Crippen molar-refractivity contribution in [3.63, 3.8) is 0 Å². The molecule has 1 aliphatic carbocycles. The lowest BCUT2D eigenvalue weighted by Gasteiger charge is -2.65. The summed E-state index contributed by atoms with van der Waals surface area (Å²) in [6.45, 7) is 19.5. The van der Waals surface area contributed by atoms with Crippen molar-refractivity contribution < 1.29 is 28.7 Å². The summed E-state index contributed by atoms with van der Waals surface area (Å²) in [7, 11) is 0. The Labute approximate surface area is 330 Å². The molecule has 1 saturated carbocycles. The third-order valence-corrected chi connectivity index (χ3v) is 13.4. The maximum Gasteiger partial charge on any atom is 0.262 e. The normalized spacial score (nSPS) is 25.5. The van der Waals surface area contributed by atoms with Gasteiger partial charge < -0.3 is 14.5 Å². The van der Waals surface area contributed by atoms with Gasteiger partial charge in [0.25, 0.3) is 17.7 Å². The van der Waals surface area contributed by atoms with Gasteiger partial charge in [-0.2, -0.15) is 0 Å². The van der Waals surface area contributed by atoms with Crippen molar-refractivity contribution in [2.24, 2.45) is 10.8 Å². The maximum absolute atomic E-state index is 13.9. The fourth-order valence-corrected chi connectivity index (χ4v) is 11.1. The summed E-state index contributed by atoms with van der Waals surface area (Å²) in [5, 5.41) is 2.61. The Balaban J connectivity index is 0.828. The number of hydrogen-bond acceptors (Lipinski definition) is 8. The summed E-state index contributed by atoms with van der Waals surface area (Å²) in [5.74, 6) is -1.28. The quantitative estimate of drug-likeness (QED) is 0.235. The van der Waals surface area contributed by atoms with Gasteiger partial charge in [-0.15, -0.1) is 0 Å². The Kier molecular flexibility index (Phi) is 8.38. The molecule has 9 rings (SSSR count). The number of benzene rings is 3. The molecular formula is C43H43ClN6O6. The van der Waals surface area contributed by atoms with Gasteiger partial charge in [-0.1, -0.05) is 45.4 Å². The van der Waals surface area contributed by atoms with Gasteiger partial charge in [0, 0.05) is 73.3 Å². The molecule has 5 aliphatic heterocycles. The molecule has 1 unspecified atom stereocenters. The first-order valence-corrected chi connectivity index (χ1v) is 19.7. The highest BCUT2D eigenvalue weighted by Gasteiger charge is 2.67. The number of halogens is 1. The summed E-state index contributed by atoms with van der Waals surface area (Å²) in [6, 6.07) is 14.3. The van der Waals surface area contributed by atoms with Crippen LogP contribution in [-0.2, 0) is 29.2 Å². The van der Waals surface area contributed by atoms with Crippen LogP contribution < -0.4 is 15.0 Å². The van der Waals surface area contributed by atoms with Crippen LogP contribution in [0, 0.1) is 17.4 Å². The van der Waals surface area contributed by atoms with Gasteiger partial charge in [-0.05, 0) is 78.4 Å². The lowest BCUT2D eigenvalue weighted by Crippen LogP contribution is -2.74. The topological polar surface area (TPSA) is 124 Å². The molecule has 56 heavy (non-hydrogen) atoms. The van der Waals surface area contributed by atoms with E-state index in [9.17, 15) is 24.0 Å². The Morgan fingerprint density at radius 1 is 0.786 bits per heavy atom. The molecule has 5 heterocycles. The summed E-state index contributed by atoms with van der Waals surface area (Å²) in [6.07, 6.45) is 1.96. The van der Waals surface area contributed by atoms with E-state index in [0.29, 0.717) is 53.3 Å². The molecule has 3 aromatic carbocycles. The summed E-state index contributed by atoms with van der Waals surface area (Å²) in [5.41, 5.74) is 5.32. The zero-order valence-corrected chi connectivity index (χ0v) is 32.6. The number of hydrogen-bond donors (Lipinski definition) is 1. The number of nitrogens with one attached hydrogen (secondary N) is 1. The van der Waals surface area contributed by atoms with Crippen LogP contribution in [0.15, 0.2) is 48.5 Å². The van der Waals surface area contributed by atoms with Crippen molar-refractivity contribution in [3.8, 4) is 5.75 Å². The number of fused-ring (bicyclic) bond motifs is 3. The van der Waals surface area contributed by atoms with Crippen LogP contribution in [0.3, 0.4) is 0 Å². The number of imide groups is 2. The van der Waals surface area contributed by atoms with Crippen LogP contribution >= 0.6 is 11.6 Å². The SMILES string of the molecule is [C-]#[N+]c1ccc(OC2C(C)(C)C(N3Cc4cc(N5CCC(N6Cc7cc8c(cc7C6)C(=O)N(C6CCC(=O)NC6=O)C8=O)CC5)ccc4C3=O)C2(C)C)cc1Cl. The molecule has 0 aromatic heterocycles. The van der Waals surface area contributed by atoms with Crippen molar-refractivity contribution >= 4 is 52.5 Å². The van der Waals surface area contributed by atoms with Crippen LogP contribution in [0.4, 0.5) is 11.4 Å². The van der Waals surface area contributed by atoms with E-state index < -0.39 is 29.7 Å². The first-order chi connectivity index (χ1) is 26.7. The second kappa shape index (κ2) is 12.9. The minimum atomic E-state index is -0.972. The molecule has 3 fully saturated rings. The second-order valence-corrected chi connectivity index (χ2v) is 17.7. The number of carbonyl (C=O) groups excluding carboxylic acids is 5. The Hall–Kier alpha value is -5.25. The predicted molar refractivity (Wildman–Crippen MR) is 207 cm³/mol. The van der Waals surface area contributed by atoms with E-state index in [1.54, 1.807) is 18.2 Å². The zero-order valence-electron chi connectivity index (χ0n) is 31.9. The Bertz CT molecular complexity index is 2250. The van der Waals surface area contributed by atoms with Crippen LogP contribution in [0.25, 0.3) is 4.85 Å². The number of nitrogens with zero attached hydrogens (tertiary/aromatic N) is 5. The molecule has 288 valence electrons. The molecule has 12 nitrogen and oxygen atoms in total. The van der Waals surface area contributed by atoms with E-state index in [1.165, 1.54) is 0 Å². The number of amides is 5. The summed E-state index contributed by atoms with van der Waals surface area (Å²) < 4.78 is 6.50. The number of piperidine rings is 2. The third kappa shape index (κ3) is 5.53. The highest BCUT2D eigenvalue weighted by Crippen LogP contribution is 2.59. The molecule has 1 atom stereocenters. The Morgan fingerprint density at radius 3 is 2.05 bits per heavy atom. The first-order valence-electron chi connectivity index (χ1n) is 19.3. The van der Waals surface area contributed by atoms with Crippen LogP contribution in [0.5, 0.6) is 5.75 Å². The molecule has 13 heteroatoms. The predicted octanol–water partition coefficient (Wildman–Crippen LogP) is 6.11. The molecular weight excluding hydrogens is 732 g/mol. The van der Waals surface area contributed by atoms with E-state index in [2.05, 4.69) is 59.8 Å². The molecule has 5 amide bonds. The average Bonchev–Trinajstić information content (AvgIpc) is 3.80. The van der Waals surface area contributed by atoms with Gasteiger partial charge in [0.1, 0.15) is 17.9 Å². The molecule has 2 saturated heterocycles. The largest absolute Gasteiger partial charge is 0.489 e. The van der Waals surface area contributed by atoms with Crippen molar-refractivity contribution in [2.75, 3.05) is 18.0 Å². The molecule has 0 spiro atoms. The van der Waals surface area contributed by atoms with Gasteiger partial charge >= 0.3 is 0 Å². The lowest BCUT2D eigenvalue weighted by atomic mass is 9.49. The van der Waals surface area contributed by atoms with Crippen molar-refractivity contribution in [2.45, 2.75) is 97.2 Å².